The number of nitrogens with one attached hydrogen (secondary N) is 2. The minimum Gasteiger partial charge on any atom is -0.493 e. The summed E-state index contributed by atoms with van der Waals surface area (Å²) in [6.45, 7) is 8.44. The van der Waals surface area contributed by atoms with Crippen molar-refractivity contribution in [2.24, 2.45) is 10.9 Å². The highest BCUT2D eigenvalue weighted by Gasteiger charge is 2.17. The third-order valence-corrected chi connectivity index (χ3v) is 5.21. The molecule has 176 valence electrons. The van der Waals surface area contributed by atoms with Crippen molar-refractivity contribution in [1.82, 2.24) is 15.6 Å². The summed E-state index contributed by atoms with van der Waals surface area (Å²) < 4.78 is 11.6. The molecule has 0 saturated carbocycles. The van der Waals surface area contributed by atoms with Crippen molar-refractivity contribution in [3.05, 3.63) is 53.2 Å². The number of ether oxygens (including phenoxy) is 2. The van der Waals surface area contributed by atoms with Gasteiger partial charge in [-0.2, -0.15) is 0 Å². The van der Waals surface area contributed by atoms with Gasteiger partial charge in [0.2, 0.25) is 0 Å². The van der Waals surface area contributed by atoms with Crippen molar-refractivity contribution in [2.45, 2.75) is 33.4 Å². The number of nitrogens with zero attached hydrogens (tertiary/aromatic N) is 3. The number of aryl methyl sites for hydroxylation is 1. The van der Waals surface area contributed by atoms with Crippen LogP contribution in [0.1, 0.15) is 30.0 Å². The molecule has 1 atom stereocenters. The van der Waals surface area contributed by atoms with Crippen molar-refractivity contribution in [1.29, 1.82) is 0 Å². The minimum absolute atomic E-state index is 0. The fourth-order valence-electron chi connectivity index (χ4n) is 3.51. The molecule has 32 heavy (non-hydrogen) atoms. The first-order valence-electron chi connectivity index (χ1n) is 11.0. The van der Waals surface area contributed by atoms with Crippen LogP contribution in [0.15, 0.2) is 41.5 Å². The Morgan fingerprint density at radius 3 is 2.81 bits per heavy atom. The first-order valence-corrected chi connectivity index (χ1v) is 11.0. The summed E-state index contributed by atoms with van der Waals surface area (Å²) in [4.78, 5) is 11.3. The molecule has 1 aliphatic rings. The molecule has 0 amide bonds. The lowest BCUT2D eigenvalue weighted by atomic mass is 10.1. The predicted molar refractivity (Wildman–Crippen MR) is 141 cm³/mol. The summed E-state index contributed by atoms with van der Waals surface area (Å²) in [5, 5.41) is 6.75. The maximum absolute atomic E-state index is 6.16. The maximum atomic E-state index is 6.16. The SMILES string of the molecule is CCNC(=NCc1ccc(C)cc1OCC1CCOC1)NCc1cccnc1N(C)C.I. The van der Waals surface area contributed by atoms with E-state index in [0.717, 1.165) is 54.8 Å². The number of pyridine rings is 1. The van der Waals surface area contributed by atoms with E-state index in [4.69, 9.17) is 14.5 Å². The summed E-state index contributed by atoms with van der Waals surface area (Å²) in [7, 11) is 4.00. The van der Waals surface area contributed by atoms with Crippen LogP contribution in [0.3, 0.4) is 0 Å². The van der Waals surface area contributed by atoms with Gasteiger partial charge in [-0.3, -0.25) is 0 Å². The number of aromatic nitrogens is 1. The van der Waals surface area contributed by atoms with E-state index in [0.29, 0.717) is 25.6 Å². The van der Waals surface area contributed by atoms with E-state index in [1.165, 1.54) is 5.56 Å². The second-order valence-electron chi connectivity index (χ2n) is 8.08. The van der Waals surface area contributed by atoms with Crippen LogP contribution in [0.2, 0.25) is 0 Å². The van der Waals surface area contributed by atoms with Crippen LogP contribution in [0.4, 0.5) is 5.82 Å². The molecule has 1 aromatic heterocycles. The lowest BCUT2D eigenvalue weighted by Gasteiger charge is -2.18. The van der Waals surface area contributed by atoms with Crippen LogP contribution < -0.4 is 20.3 Å². The average Bonchev–Trinajstić information content (AvgIpc) is 3.29. The van der Waals surface area contributed by atoms with E-state index >= 15 is 0 Å². The molecule has 0 spiro atoms. The molecule has 2 heterocycles. The number of rotatable bonds is 9. The summed E-state index contributed by atoms with van der Waals surface area (Å²) >= 11 is 0. The molecule has 8 heteroatoms. The molecule has 0 bridgehead atoms. The Morgan fingerprint density at radius 1 is 1.25 bits per heavy atom. The molecule has 1 aliphatic heterocycles. The molecular formula is C24H36IN5O2. The standard InChI is InChI=1S/C24H35N5O2.HI/c1-5-25-24(28-15-21-7-6-11-26-23(21)29(3)4)27-14-20-9-8-18(2)13-22(20)31-17-19-10-12-30-16-19;/h6-9,11,13,19H,5,10,12,14-17H2,1-4H3,(H2,25,27,28);1H. The first-order chi connectivity index (χ1) is 15.1. The molecule has 3 rings (SSSR count). The van der Waals surface area contributed by atoms with Gasteiger partial charge in [-0.1, -0.05) is 18.2 Å². The van der Waals surface area contributed by atoms with Crippen LogP contribution in [0.5, 0.6) is 5.75 Å². The van der Waals surface area contributed by atoms with Crippen molar-refractivity contribution in [3.8, 4) is 5.75 Å². The number of halogens is 1. The zero-order valence-electron chi connectivity index (χ0n) is 19.6. The van der Waals surface area contributed by atoms with Gasteiger partial charge >= 0.3 is 0 Å². The van der Waals surface area contributed by atoms with Crippen LogP contribution in [0.25, 0.3) is 0 Å². The summed E-state index contributed by atoms with van der Waals surface area (Å²) in [6.07, 6.45) is 2.88. The van der Waals surface area contributed by atoms with Crippen LogP contribution >= 0.6 is 24.0 Å². The second kappa shape index (κ2) is 13.5. The number of guanidine groups is 1. The molecule has 1 fully saturated rings. The van der Waals surface area contributed by atoms with Crippen molar-refractivity contribution < 1.29 is 9.47 Å². The van der Waals surface area contributed by atoms with Gasteiger partial charge in [-0.25, -0.2) is 9.98 Å². The number of anilines is 1. The Morgan fingerprint density at radius 2 is 2.09 bits per heavy atom. The molecule has 0 aliphatic carbocycles. The zero-order chi connectivity index (χ0) is 22.1. The maximum Gasteiger partial charge on any atom is 0.191 e. The normalized spacial score (nSPS) is 15.8. The molecule has 7 nitrogen and oxygen atoms in total. The Kier molecular flexibility index (Phi) is 11.0. The van der Waals surface area contributed by atoms with Gasteiger partial charge in [0.25, 0.3) is 0 Å². The number of aliphatic imine (C=N–C) groups is 1. The van der Waals surface area contributed by atoms with Gasteiger partial charge in [0.15, 0.2) is 5.96 Å². The monoisotopic (exact) mass is 553 g/mol. The lowest BCUT2D eigenvalue weighted by Crippen LogP contribution is -2.37. The third-order valence-electron chi connectivity index (χ3n) is 5.21. The van der Waals surface area contributed by atoms with E-state index in [2.05, 4.69) is 53.7 Å². The van der Waals surface area contributed by atoms with Crippen LogP contribution in [-0.2, 0) is 17.8 Å². The van der Waals surface area contributed by atoms with Gasteiger partial charge in [0.05, 0.1) is 19.8 Å². The highest BCUT2D eigenvalue weighted by molar-refractivity contribution is 14.0. The van der Waals surface area contributed by atoms with E-state index in [-0.39, 0.29) is 24.0 Å². The Bertz CT molecular complexity index is 869. The van der Waals surface area contributed by atoms with Crippen molar-refractivity contribution >= 4 is 35.8 Å². The molecule has 1 aromatic carbocycles. The zero-order valence-corrected chi connectivity index (χ0v) is 21.9. The Balaban J connectivity index is 0.00000363. The van der Waals surface area contributed by atoms with E-state index < -0.39 is 0 Å². The molecule has 0 radical (unpaired) electrons. The smallest absolute Gasteiger partial charge is 0.191 e. The number of benzene rings is 1. The highest BCUT2D eigenvalue weighted by atomic mass is 127. The largest absolute Gasteiger partial charge is 0.493 e. The highest BCUT2D eigenvalue weighted by Crippen LogP contribution is 2.23. The van der Waals surface area contributed by atoms with Gasteiger partial charge in [-0.15, -0.1) is 24.0 Å². The lowest BCUT2D eigenvalue weighted by molar-refractivity contribution is 0.166. The summed E-state index contributed by atoms with van der Waals surface area (Å²) in [5.41, 5.74) is 3.39. The van der Waals surface area contributed by atoms with E-state index in [1.807, 2.05) is 31.3 Å². The molecule has 1 saturated heterocycles. The quantitative estimate of drug-likeness (QED) is 0.280. The van der Waals surface area contributed by atoms with E-state index in [1.54, 1.807) is 0 Å². The number of hydrogen-bond acceptors (Lipinski definition) is 5. The minimum atomic E-state index is 0. The predicted octanol–water partition coefficient (Wildman–Crippen LogP) is 3.74. The van der Waals surface area contributed by atoms with Crippen LogP contribution in [0, 0.1) is 12.8 Å². The van der Waals surface area contributed by atoms with Gasteiger partial charge in [-0.05, 0) is 38.0 Å². The van der Waals surface area contributed by atoms with Gasteiger partial charge < -0.3 is 25.0 Å². The summed E-state index contributed by atoms with van der Waals surface area (Å²) in [6, 6.07) is 10.3. The van der Waals surface area contributed by atoms with Crippen molar-refractivity contribution in [3.63, 3.8) is 0 Å². The molecule has 2 N–H and O–H groups in total. The van der Waals surface area contributed by atoms with Crippen LogP contribution in [-0.4, -0.2) is 51.4 Å². The summed E-state index contributed by atoms with van der Waals surface area (Å²) in [5.74, 6) is 3.11. The molecular weight excluding hydrogens is 517 g/mol. The Hall–Kier alpha value is -2.07. The molecule has 1 unspecified atom stereocenters. The second-order valence-corrected chi connectivity index (χ2v) is 8.08. The third kappa shape index (κ3) is 7.81. The van der Waals surface area contributed by atoms with E-state index in [9.17, 15) is 0 Å². The van der Waals surface area contributed by atoms with Crippen molar-refractivity contribution in [2.75, 3.05) is 45.4 Å². The fourth-order valence-corrected chi connectivity index (χ4v) is 3.51. The first kappa shape index (κ1) is 26.2. The average molecular weight is 553 g/mol. The van der Waals surface area contributed by atoms with Gasteiger partial charge in [0, 0.05) is 57.0 Å². The van der Waals surface area contributed by atoms with Gasteiger partial charge in [0.1, 0.15) is 11.6 Å². The Labute approximate surface area is 209 Å². The number of hydrogen-bond donors (Lipinski definition) is 2. The molecule has 2 aromatic rings. The fraction of sp³-hybridized carbons (Fsp3) is 0.500. The topological polar surface area (TPSA) is 71.0 Å².